The highest BCUT2D eigenvalue weighted by Gasteiger charge is 2.11. The second kappa shape index (κ2) is 5.75. The van der Waals surface area contributed by atoms with Gasteiger partial charge in [-0.25, -0.2) is 0 Å². The van der Waals surface area contributed by atoms with Gasteiger partial charge in [0.25, 0.3) is 5.69 Å². The Morgan fingerprint density at radius 2 is 2.21 bits per heavy atom. The third-order valence-corrected chi connectivity index (χ3v) is 3.18. The van der Waals surface area contributed by atoms with Crippen molar-refractivity contribution in [2.24, 2.45) is 0 Å². The summed E-state index contributed by atoms with van der Waals surface area (Å²) in [7, 11) is 0. The van der Waals surface area contributed by atoms with Gasteiger partial charge in [-0.05, 0) is 31.2 Å². The summed E-state index contributed by atoms with van der Waals surface area (Å²) < 4.78 is 2.12. The SMILES string of the molecule is CCn1cccc1CNc1ccc([N+](=O)[O-])c(Cl)c1. The van der Waals surface area contributed by atoms with Crippen LogP contribution in [0, 0.1) is 10.1 Å². The van der Waals surface area contributed by atoms with Crippen molar-refractivity contribution in [3.63, 3.8) is 0 Å². The minimum atomic E-state index is -0.492. The number of anilines is 1. The Labute approximate surface area is 116 Å². The lowest BCUT2D eigenvalue weighted by Gasteiger charge is -2.09. The van der Waals surface area contributed by atoms with Crippen molar-refractivity contribution in [2.75, 3.05) is 5.32 Å². The second-order valence-corrected chi connectivity index (χ2v) is 4.47. The third kappa shape index (κ3) is 3.06. The van der Waals surface area contributed by atoms with E-state index in [9.17, 15) is 10.1 Å². The second-order valence-electron chi connectivity index (χ2n) is 4.06. The van der Waals surface area contributed by atoms with Crippen molar-refractivity contribution in [3.05, 3.63) is 57.4 Å². The average Bonchev–Trinajstić information content (AvgIpc) is 2.83. The van der Waals surface area contributed by atoms with Crippen LogP contribution in [-0.2, 0) is 13.1 Å². The zero-order chi connectivity index (χ0) is 13.8. The molecule has 19 heavy (non-hydrogen) atoms. The maximum absolute atomic E-state index is 10.7. The summed E-state index contributed by atoms with van der Waals surface area (Å²) in [4.78, 5) is 10.2. The topological polar surface area (TPSA) is 60.1 Å². The zero-order valence-corrected chi connectivity index (χ0v) is 11.2. The van der Waals surface area contributed by atoms with Crippen molar-refractivity contribution in [1.82, 2.24) is 4.57 Å². The standard InChI is InChI=1S/C13H14ClN3O2/c1-2-16-7-3-4-11(16)9-15-10-5-6-13(17(18)19)12(14)8-10/h3-8,15H,2,9H2,1H3. The molecular weight excluding hydrogens is 266 g/mol. The Morgan fingerprint density at radius 3 is 2.84 bits per heavy atom. The van der Waals surface area contributed by atoms with Gasteiger partial charge in [0, 0.05) is 30.2 Å². The maximum atomic E-state index is 10.7. The molecule has 1 aromatic carbocycles. The maximum Gasteiger partial charge on any atom is 0.288 e. The van der Waals surface area contributed by atoms with E-state index in [2.05, 4.69) is 16.8 Å². The Balaban J connectivity index is 2.08. The number of nitrogens with zero attached hydrogens (tertiary/aromatic N) is 2. The molecule has 1 N–H and O–H groups in total. The van der Waals surface area contributed by atoms with E-state index >= 15 is 0 Å². The summed E-state index contributed by atoms with van der Waals surface area (Å²) in [6.45, 7) is 3.63. The molecule has 0 saturated carbocycles. The van der Waals surface area contributed by atoms with Crippen LogP contribution in [0.2, 0.25) is 5.02 Å². The smallest absolute Gasteiger partial charge is 0.288 e. The van der Waals surface area contributed by atoms with E-state index in [0.717, 1.165) is 17.9 Å². The summed E-state index contributed by atoms with van der Waals surface area (Å²) in [6, 6.07) is 8.65. The van der Waals surface area contributed by atoms with Gasteiger partial charge in [-0.2, -0.15) is 0 Å². The van der Waals surface area contributed by atoms with E-state index < -0.39 is 4.92 Å². The molecule has 0 aliphatic rings. The lowest BCUT2D eigenvalue weighted by Crippen LogP contribution is -2.06. The van der Waals surface area contributed by atoms with Gasteiger partial charge >= 0.3 is 0 Å². The average molecular weight is 280 g/mol. The Bertz CT molecular complexity index is 595. The van der Waals surface area contributed by atoms with Crippen LogP contribution >= 0.6 is 11.6 Å². The number of halogens is 1. The zero-order valence-electron chi connectivity index (χ0n) is 10.5. The number of rotatable bonds is 5. The predicted molar refractivity (Wildman–Crippen MR) is 75.5 cm³/mol. The molecule has 0 spiro atoms. The van der Waals surface area contributed by atoms with Crippen molar-refractivity contribution >= 4 is 23.0 Å². The van der Waals surface area contributed by atoms with Crippen molar-refractivity contribution in [2.45, 2.75) is 20.0 Å². The number of hydrogen-bond donors (Lipinski definition) is 1. The fourth-order valence-electron chi connectivity index (χ4n) is 1.88. The first-order valence-corrected chi connectivity index (χ1v) is 6.31. The van der Waals surface area contributed by atoms with Gasteiger partial charge in [-0.15, -0.1) is 0 Å². The number of nitrogens with one attached hydrogen (secondary N) is 1. The van der Waals surface area contributed by atoms with Crippen LogP contribution in [0.3, 0.4) is 0 Å². The van der Waals surface area contributed by atoms with Crippen molar-refractivity contribution in [3.8, 4) is 0 Å². The molecule has 0 amide bonds. The number of nitro benzene ring substituents is 1. The lowest BCUT2D eigenvalue weighted by atomic mass is 10.2. The molecule has 6 heteroatoms. The van der Waals surface area contributed by atoms with E-state index in [0.29, 0.717) is 6.54 Å². The fourth-order valence-corrected chi connectivity index (χ4v) is 2.13. The molecule has 0 saturated heterocycles. The molecule has 0 unspecified atom stereocenters. The van der Waals surface area contributed by atoms with E-state index in [1.165, 1.54) is 6.07 Å². The Kier molecular flexibility index (Phi) is 4.06. The van der Waals surface area contributed by atoms with Crippen LogP contribution < -0.4 is 5.32 Å². The normalized spacial score (nSPS) is 10.4. The van der Waals surface area contributed by atoms with Gasteiger partial charge in [0.2, 0.25) is 0 Å². The number of benzene rings is 1. The van der Waals surface area contributed by atoms with Crippen LogP contribution in [0.5, 0.6) is 0 Å². The van der Waals surface area contributed by atoms with E-state index in [1.807, 2.05) is 18.3 Å². The van der Waals surface area contributed by atoms with Gasteiger partial charge in [0.1, 0.15) is 5.02 Å². The first-order chi connectivity index (χ1) is 9.11. The minimum absolute atomic E-state index is 0.0795. The summed E-state index contributed by atoms with van der Waals surface area (Å²) in [5.74, 6) is 0. The molecule has 0 radical (unpaired) electrons. The highest BCUT2D eigenvalue weighted by molar-refractivity contribution is 6.32. The Morgan fingerprint density at radius 1 is 1.42 bits per heavy atom. The highest BCUT2D eigenvalue weighted by atomic mass is 35.5. The molecule has 0 bridgehead atoms. The predicted octanol–water partition coefficient (Wildman–Crippen LogP) is 3.68. The molecule has 1 aromatic heterocycles. The molecule has 2 aromatic rings. The number of aromatic nitrogens is 1. The molecule has 0 atom stereocenters. The molecule has 5 nitrogen and oxygen atoms in total. The fraction of sp³-hybridized carbons (Fsp3) is 0.231. The quantitative estimate of drug-likeness (QED) is 0.671. The van der Waals surface area contributed by atoms with Crippen molar-refractivity contribution < 1.29 is 4.92 Å². The molecule has 0 aliphatic carbocycles. The minimum Gasteiger partial charge on any atom is -0.379 e. The monoisotopic (exact) mass is 279 g/mol. The van der Waals surface area contributed by atoms with Crippen LogP contribution in [-0.4, -0.2) is 9.49 Å². The van der Waals surface area contributed by atoms with Crippen molar-refractivity contribution in [1.29, 1.82) is 0 Å². The van der Waals surface area contributed by atoms with Gasteiger partial charge in [-0.3, -0.25) is 10.1 Å². The molecule has 1 heterocycles. The van der Waals surface area contributed by atoms with E-state index in [1.54, 1.807) is 12.1 Å². The van der Waals surface area contributed by atoms with Gasteiger partial charge in [0.15, 0.2) is 0 Å². The first-order valence-electron chi connectivity index (χ1n) is 5.93. The van der Waals surface area contributed by atoms with Crippen LogP contribution in [0.15, 0.2) is 36.5 Å². The van der Waals surface area contributed by atoms with Gasteiger partial charge in [0.05, 0.1) is 11.5 Å². The third-order valence-electron chi connectivity index (χ3n) is 2.88. The summed E-state index contributed by atoms with van der Waals surface area (Å²) in [6.07, 6.45) is 2.01. The molecule has 100 valence electrons. The van der Waals surface area contributed by atoms with Crippen LogP contribution in [0.25, 0.3) is 0 Å². The Hall–Kier alpha value is -2.01. The first kappa shape index (κ1) is 13.4. The largest absolute Gasteiger partial charge is 0.379 e. The number of nitro groups is 1. The van der Waals surface area contributed by atoms with Crippen LogP contribution in [0.1, 0.15) is 12.6 Å². The molecule has 2 rings (SSSR count). The van der Waals surface area contributed by atoms with E-state index in [-0.39, 0.29) is 10.7 Å². The summed E-state index contributed by atoms with van der Waals surface area (Å²) >= 11 is 5.86. The lowest BCUT2D eigenvalue weighted by molar-refractivity contribution is -0.384. The summed E-state index contributed by atoms with van der Waals surface area (Å²) in [5.41, 5.74) is 1.83. The van der Waals surface area contributed by atoms with Crippen LogP contribution in [0.4, 0.5) is 11.4 Å². The van der Waals surface area contributed by atoms with E-state index in [4.69, 9.17) is 11.6 Å². The molecule has 0 aliphatic heterocycles. The summed E-state index contributed by atoms with van der Waals surface area (Å²) in [5, 5.41) is 14.0. The van der Waals surface area contributed by atoms with Gasteiger partial charge in [-0.1, -0.05) is 11.6 Å². The van der Waals surface area contributed by atoms with Gasteiger partial charge < -0.3 is 9.88 Å². The molecular formula is C13H14ClN3O2. The molecule has 0 fully saturated rings. The number of aryl methyl sites for hydroxylation is 1. The highest BCUT2D eigenvalue weighted by Crippen LogP contribution is 2.27. The number of hydrogen-bond acceptors (Lipinski definition) is 3.